The van der Waals surface area contributed by atoms with Gasteiger partial charge in [0.2, 0.25) is 0 Å². The van der Waals surface area contributed by atoms with Crippen molar-refractivity contribution >= 4 is 12.0 Å². The van der Waals surface area contributed by atoms with Crippen LogP contribution in [0.3, 0.4) is 0 Å². The van der Waals surface area contributed by atoms with Crippen molar-refractivity contribution in [1.29, 1.82) is 0 Å². The predicted octanol–water partition coefficient (Wildman–Crippen LogP) is 2.73. The molecule has 0 saturated carbocycles. The number of rotatable bonds is 2. The molecule has 0 aliphatic carbocycles. The van der Waals surface area contributed by atoms with E-state index in [4.69, 9.17) is 5.11 Å². The van der Waals surface area contributed by atoms with Crippen LogP contribution in [0.2, 0.25) is 0 Å². The van der Waals surface area contributed by atoms with Gasteiger partial charge < -0.3 is 5.11 Å². The molecule has 0 aliphatic rings. The Kier molecular flexibility index (Phi) is 2.85. The first kappa shape index (κ1) is 9.52. The molecule has 0 fully saturated rings. The van der Waals surface area contributed by atoms with Crippen molar-refractivity contribution in [2.75, 3.05) is 0 Å². The number of hydrogen-bond acceptors (Lipinski definition) is 1. The molecule has 0 bridgehead atoms. The van der Waals surface area contributed by atoms with Crippen molar-refractivity contribution in [3.8, 4) is 0 Å². The number of hydrogen-bond donors (Lipinski definition) is 1. The van der Waals surface area contributed by atoms with Crippen LogP contribution in [0.4, 0.5) is 0 Å². The second kappa shape index (κ2) is 3.90. The lowest BCUT2D eigenvalue weighted by Gasteiger charge is -1.99. The third-order valence-electron chi connectivity index (χ3n) is 1.71. The highest BCUT2D eigenvalue weighted by Gasteiger charge is 2.03. The van der Waals surface area contributed by atoms with E-state index in [2.05, 4.69) is 0 Å². The van der Waals surface area contributed by atoms with Gasteiger partial charge in [0.25, 0.3) is 0 Å². The van der Waals surface area contributed by atoms with Gasteiger partial charge >= 0.3 is 5.97 Å². The molecule has 1 aromatic carbocycles. The Hall–Kier alpha value is -1.57. The molecule has 0 saturated heterocycles. The second-order valence-electron chi connectivity index (χ2n) is 2.94. The summed E-state index contributed by atoms with van der Waals surface area (Å²) < 4.78 is 0. The Labute approximate surface area is 77.5 Å². The monoisotopic (exact) mass is 176 g/mol. The van der Waals surface area contributed by atoms with Crippen LogP contribution in [0.5, 0.6) is 0 Å². The largest absolute Gasteiger partial charge is 0.478 e. The van der Waals surface area contributed by atoms with E-state index in [-0.39, 0.29) is 0 Å². The lowest BCUT2D eigenvalue weighted by Crippen LogP contribution is -1.97. The highest BCUT2D eigenvalue weighted by Crippen LogP contribution is 2.11. The minimum Gasteiger partial charge on any atom is -0.478 e. The van der Waals surface area contributed by atoms with Crippen LogP contribution in [0.25, 0.3) is 6.08 Å². The normalized spacial score (nSPS) is 10.6. The highest BCUT2D eigenvalue weighted by molar-refractivity contribution is 5.88. The maximum absolute atomic E-state index is 10.7. The molecular weight excluding hydrogens is 164 g/mol. The number of carboxylic acids is 1. The molecule has 0 aromatic heterocycles. The third-order valence-corrected chi connectivity index (χ3v) is 1.71. The first-order valence-corrected chi connectivity index (χ1v) is 4.11. The van der Waals surface area contributed by atoms with Crippen molar-refractivity contribution < 1.29 is 9.90 Å². The molecule has 68 valence electrons. The first-order valence-electron chi connectivity index (χ1n) is 4.11. The summed E-state index contributed by atoms with van der Waals surface area (Å²) in [5, 5.41) is 8.78. The quantitative estimate of drug-likeness (QED) is 0.752. The topological polar surface area (TPSA) is 37.3 Å². The van der Waals surface area contributed by atoms with Gasteiger partial charge in [-0.25, -0.2) is 4.79 Å². The van der Waals surface area contributed by atoms with Crippen molar-refractivity contribution in [2.24, 2.45) is 0 Å². The molecule has 0 atom stereocenters. The van der Waals surface area contributed by atoms with E-state index in [0.717, 1.165) is 11.1 Å². The van der Waals surface area contributed by atoms with Gasteiger partial charge in [-0.15, -0.1) is 0 Å². The minimum atomic E-state index is -0.880. The van der Waals surface area contributed by atoms with Crippen molar-refractivity contribution in [1.82, 2.24) is 0 Å². The summed E-state index contributed by atoms with van der Waals surface area (Å²) in [6, 6.07) is 5.27. The minimum absolute atomic E-state index is 0.341. The summed E-state index contributed by atoms with van der Waals surface area (Å²) in [4.78, 5) is 10.7. The van der Waals surface area contributed by atoms with Crippen LogP contribution >= 0.6 is 0 Å². The molecule has 0 aliphatic heterocycles. The van der Waals surface area contributed by atoms with E-state index in [1.807, 2.05) is 32.1 Å². The van der Waals surface area contributed by atoms with Gasteiger partial charge in [-0.3, -0.25) is 0 Å². The molecule has 0 heterocycles. The van der Waals surface area contributed by atoms with Crippen molar-refractivity contribution in [2.45, 2.75) is 13.8 Å². The molecule has 2 nitrogen and oxygen atoms in total. The van der Waals surface area contributed by atoms with Crippen molar-refractivity contribution in [3.05, 3.63) is 41.0 Å². The van der Waals surface area contributed by atoms with E-state index in [9.17, 15) is 4.79 Å². The average Bonchev–Trinajstić information content (AvgIpc) is 2.03. The van der Waals surface area contributed by atoms with Gasteiger partial charge in [-0.2, -0.15) is 0 Å². The smallest absolute Gasteiger partial charge is 0.335 e. The van der Waals surface area contributed by atoms with Crippen LogP contribution in [-0.2, 0) is 0 Å². The van der Waals surface area contributed by atoms with Crippen LogP contribution in [0, 0.1) is 6.92 Å². The van der Waals surface area contributed by atoms with Crippen molar-refractivity contribution in [3.63, 3.8) is 0 Å². The molecule has 1 aromatic rings. The summed E-state index contributed by atoms with van der Waals surface area (Å²) in [6.07, 6.45) is 3.78. The number of aromatic carboxylic acids is 1. The van der Waals surface area contributed by atoms with Gasteiger partial charge in [0.15, 0.2) is 0 Å². The molecule has 2 heteroatoms. The number of carbonyl (C=O) groups is 1. The molecular formula is C11H12O2. The zero-order valence-electron chi connectivity index (χ0n) is 7.74. The fraction of sp³-hybridized carbons (Fsp3) is 0.182. The summed E-state index contributed by atoms with van der Waals surface area (Å²) in [6.45, 7) is 3.79. The van der Waals surface area contributed by atoms with Gasteiger partial charge in [0, 0.05) is 0 Å². The van der Waals surface area contributed by atoms with Gasteiger partial charge in [-0.1, -0.05) is 18.2 Å². The SMILES string of the molecule is CC=Cc1cc(C)cc(C(=O)O)c1. The first-order chi connectivity index (χ1) is 6.13. The fourth-order valence-electron chi connectivity index (χ4n) is 1.22. The number of allylic oxidation sites excluding steroid dienone is 1. The maximum atomic E-state index is 10.7. The lowest BCUT2D eigenvalue weighted by atomic mass is 10.1. The number of carboxylic acid groups (broad SMARTS) is 1. The van der Waals surface area contributed by atoms with Crippen LogP contribution in [0.15, 0.2) is 24.3 Å². The summed E-state index contributed by atoms with van der Waals surface area (Å²) in [5.41, 5.74) is 2.24. The fourth-order valence-corrected chi connectivity index (χ4v) is 1.22. The molecule has 0 amide bonds. The summed E-state index contributed by atoms with van der Waals surface area (Å²) in [5.74, 6) is -0.880. The lowest BCUT2D eigenvalue weighted by molar-refractivity contribution is 0.0696. The number of aryl methyl sites for hydroxylation is 1. The Morgan fingerprint density at radius 1 is 1.38 bits per heavy atom. The third kappa shape index (κ3) is 2.44. The average molecular weight is 176 g/mol. The second-order valence-corrected chi connectivity index (χ2v) is 2.94. The zero-order valence-corrected chi connectivity index (χ0v) is 7.74. The molecule has 13 heavy (non-hydrogen) atoms. The van der Waals surface area contributed by atoms with Gasteiger partial charge in [-0.05, 0) is 37.1 Å². The van der Waals surface area contributed by atoms with E-state index < -0.39 is 5.97 Å². The van der Waals surface area contributed by atoms with E-state index in [1.54, 1.807) is 12.1 Å². The molecule has 1 N–H and O–H groups in total. The van der Waals surface area contributed by atoms with Crippen LogP contribution in [-0.4, -0.2) is 11.1 Å². The van der Waals surface area contributed by atoms with Gasteiger partial charge in [0.1, 0.15) is 0 Å². The van der Waals surface area contributed by atoms with E-state index in [1.165, 1.54) is 0 Å². The van der Waals surface area contributed by atoms with E-state index in [0.29, 0.717) is 5.56 Å². The molecule has 0 radical (unpaired) electrons. The summed E-state index contributed by atoms with van der Waals surface area (Å²) in [7, 11) is 0. The standard InChI is InChI=1S/C11H12O2/c1-3-4-9-5-8(2)6-10(7-9)11(12)13/h3-7H,1-2H3,(H,12,13). The highest BCUT2D eigenvalue weighted by atomic mass is 16.4. The molecule has 1 rings (SSSR count). The Morgan fingerprint density at radius 2 is 2.08 bits per heavy atom. The maximum Gasteiger partial charge on any atom is 0.335 e. The Morgan fingerprint density at radius 3 is 2.62 bits per heavy atom. The zero-order chi connectivity index (χ0) is 9.84. The Balaban J connectivity index is 3.18. The van der Waals surface area contributed by atoms with Crippen LogP contribution < -0.4 is 0 Å². The molecule has 0 unspecified atom stereocenters. The Bertz CT molecular complexity index is 351. The van der Waals surface area contributed by atoms with Crippen LogP contribution in [0.1, 0.15) is 28.4 Å². The number of benzene rings is 1. The van der Waals surface area contributed by atoms with Gasteiger partial charge in [0.05, 0.1) is 5.56 Å². The predicted molar refractivity (Wildman–Crippen MR) is 52.8 cm³/mol. The molecule has 0 spiro atoms. The van der Waals surface area contributed by atoms with E-state index >= 15 is 0 Å². The summed E-state index contributed by atoms with van der Waals surface area (Å²) >= 11 is 0.